The third-order valence-corrected chi connectivity index (χ3v) is 6.19. The minimum absolute atomic E-state index is 0.341. The van der Waals surface area contributed by atoms with E-state index in [9.17, 15) is 19.8 Å². The summed E-state index contributed by atoms with van der Waals surface area (Å²) in [7, 11) is 0. The van der Waals surface area contributed by atoms with E-state index < -0.39 is 35.1 Å². The first-order valence-electron chi connectivity index (χ1n) is 11.0. The molecule has 0 heterocycles. The lowest BCUT2D eigenvalue weighted by Gasteiger charge is -2.44. The van der Waals surface area contributed by atoms with Gasteiger partial charge in [0.25, 0.3) is 0 Å². The van der Waals surface area contributed by atoms with E-state index in [4.69, 9.17) is 0 Å². The van der Waals surface area contributed by atoms with Crippen LogP contribution in [0.25, 0.3) is 0 Å². The van der Waals surface area contributed by atoms with Gasteiger partial charge in [0.05, 0.1) is 23.3 Å². The molecule has 0 spiro atoms. The minimum Gasteiger partial charge on any atom is -0.388 e. The van der Waals surface area contributed by atoms with Gasteiger partial charge >= 0.3 is 0 Å². The lowest BCUT2D eigenvalue weighted by Crippen LogP contribution is -2.60. The molecular formula is C23H46N2O4. The summed E-state index contributed by atoms with van der Waals surface area (Å²) in [6.45, 7) is 19.4. The van der Waals surface area contributed by atoms with Crippen LogP contribution >= 0.6 is 0 Å². The van der Waals surface area contributed by atoms with Crippen LogP contribution in [-0.2, 0) is 9.59 Å². The molecule has 0 aliphatic rings. The van der Waals surface area contributed by atoms with Crippen molar-refractivity contribution in [2.45, 2.75) is 125 Å². The van der Waals surface area contributed by atoms with Crippen LogP contribution in [0.4, 0.5) is 0 Å². The number of carbonyl (C=O) groups excluding carboxylic acids is 2. The Bertz CT molecular complexity index is 490. The Hall–Kier alpha value is -1.14. The number of amides is 2. The molecule has 2 amide bonds. The van der Waals surface area contributed by atoms with E-state index in [2.05, 4.69) is 10.6 Å². The van der Waals surface area contributed by atoms with E-state index in [0.717, 1.165) is 0 Å². The third-order valence-electron chi connectivity index (χ3n) is 6.19. The molecule has 172 valence electrons. The highest BCUT2D eigenvalue weighted by atomic mass is 16.3. The van der Waals surface area contributed by atoms with Gasteiger partial charge in [-0.05, 0) is 36.5 Å². The van der Waals surface area contributed by atoms with E-state index in [1.54, 1.807) is 0 Å². The van der Waals surface area contributed by atoms with Gasteiger partial charge in [0, 0.05) is 0 Å². The summed E-state index contributed by atoms with van der Waals surface area (Å²) in [5.74, 6) is -0.848. The first kappa shape index (κ1) is 27.9. The van der Waals surface area contributed by atoms with Gasteiger partial charge in [-0.2, -0.15) is 0 Å². The van der Waals surface area contributed by atoms with Gasteiger partial charge in [0.1, 0.15) is 6.42 Å². The van der Waals surface area contributed by atoms with Gasteiger partial charge in [-0.3, -0.25) is 9.59 Å². The van der Waals surface area contributed by atoms with Crippen molar-refractivity contribution in [2.75, 3.05) is 0 Å². The average Bonchev–Trinajstić information content (AvgIpc) is 2.61. The third kappa shape index (κ3) is 7.56. The van der Waals surface area contributed by atoms with Crippen molar-refractivity contribution in [3.05, 3.63) is 0 Å². The summed E-state index contributed by atoms with van der Waals surface area (Å²) in [6, 6.07) is -0.959. The molecule has 0 aromatic heterocycles. The van der Waals surface area contributed by atoms with E-state index in [0.29, 0.717) is 25.7 Å². The molecule has 0 aliphatic carbocycles. The number of hydrogen-bond donors (Lipinski definition) is 4. The highest BCUT2D eigenvalue weighted by Gasteiger charge is 2.44. The fourth-order valence-electron chi connectivity index (χ4n) is 4.20. The van der Waals surface area contributed by atoms with Gasteiger partial charge in [0.2, 0.25) is 11.8 Å². The molecule has 0 radical (unpaired) electrons. The first-order chi connectivity index (χ1) is 13.0. The van der Waals surface area contributed by atoms with Crippen LogP contribution in [0.3, 0.4) is 0 Å². The maximum absolute atomic E-state index is 12.7. The quantitative estimate of drug-likeness (QED) is 0.411. The molecule has 29 heavy (non-hydrogen) atoms. The minimum atomic E-state index is -1.04. The summed E-state index contributed by atoms with van der Waals surface area (Å²) >= 11 is 0. The largest absolute Gasteiger partial charge is 0.388 e. The second kappa shape index (κ2) is 10.3. The Balaban J connectivity index is 5.40. The summed E-state index contributed by atoms with van der Waals surface area (Å²) in [5.41, 5.74) is -2.82. The fraction of sp³-hybridized carbons (Fsp3) is 0.913. The molecule has 0 aliphatic heterocycles. The van der Waals surface area contributed by atoms with E-state index in [1.165, 1.54) is 0 Å². The molecule has 0 rings (SSSR count). The zero-order valence-corrected chi connectivity index (χ0v) is 20.4. The van der Waals surface area contributed by atoms with Crippen molar-refractivity contribution in [3.63, 3.8) is 0 Å². The second-order valence-electron chi connectivity index (χ2n) is 10.5. The van der Waals surface area contributed by atoms with Gasteiger partial charge in [0.15, 0.2) is 0 Å². The lowest BCUT2D eigenvalue weighted by molar-refractivity contribution is -0.135. The first-order valence-corrected chi connectivity index (χ1v) is 11.0. The van der Waals surface area contributed by atoms with Crippen LogP contribution in [0.2, 0.25) is 0 Å². The summed E-state index contributed by atoms with van der Waals surface area (Å²) in [4.78, 5) is 25.3. The Morgan fingerprint density at radius 1 is 0.655 bits per heavy atom. The van der Waals surface area contributed by atoms with Crippen LogP contribution in [0.15, 0.2) is 0 Å². The van der Waals surface area contributed by atoms with Gasteiger partial charge in [-0.15, -0.1) is 0 Å². The molecule has 6 nitrogen and oxygen atoms in total. The molecule has 0 saturated carbocycles. The Morgan fingerprint density at radius 2 is 0.897 bits per heavy atom. The van der Waals surface area contributed by atoms with Gasteiger partial charge in [-0.1, -0.05) is 69.2 Å². The van der Waals surface area contributed by atoms with Crippen molar-refractivity contribution in [1.82, 2.24) is 10.6 Å². The number of aliphatic hydroxyl groups is 2. The molecule has 0 unspecified atom stereocenters. The maximum Gasteiger partial charge on any atom is 0.229 e. The Morgan fingerprint density at radius 3 is 1.07 bits per heavy atom. The fourth-order valence-corrected chi connectivity index (χ4v) is 4.20. The lowest BCUT2D eigenvalue weighted by atomic mass is 9.73. The van der Waals surface area contributed by atoms with Crippen molar-refractivity contribution >= 4 is 11.8 Å². The molecule has 0 saturated heterocycles. The van der Waals surface area contributed by atoms with Crippen LogP contribution < -0.4 is 10.6 Å². The monoisotopic (exact) mass is 414 g/mol. The van der Waals surface area contributed by atoms with E-state index in [1.807, 2.05) is 69.2 Å². The number of rotatable bonds is 10. The van der Waals surface area contributed by atoms with Crippen molar-refractivity contribution in [3.8, 4) is 0 Å². The molecule has 0 fully saturated rings. The van der Waals surface area contributed by atoms with E-state index in [-0.39, 0.29) is 17.3 Å². The van der Waals surface area contributed by atoms with Crippen LogP contribution in [0.1, 0.15) is 101 Å². The number of nitrogens with one attached hydrogen (secondary N) is 2. The molecule has 0 aromatic rings. The van der Waals surface area contributed by atoms with Crippen LogP contribution in [0, 0.1) is 10.8 Å². The molecule has 0 bridgehead atoms. The summed E-state index contributed by atoms with van der Waals surface area (Å²) in [6.07, 6.45) is 1.67. The zero-order valence-electron chi connectivity index (χ0n) is 20.4. The van der Waals surface area contributed by atoms with Crippen molar-refractivity contribution < 1.29 is 19.8 Å². The van der Waals surface area contributed by atoms with Crippen LogP contribution in [0.5, 0.6) is 0 Å². The molecule has 4 N–H and O–H groups in total. The smallest absolute Gasteiger partial charge is 0.229 e. The topological polar surface area (TPSA) is 98.7 Å². The maximum atomic E-state index is 12.7. The SMILES string of the molecule is CCC(O)(CC)[C@H](NC(=O)CC(=O)N[C@H](C(C)(C)C)C(O)(CC)CC)C(C)(C)C. The van der Waals surface area contributed by atoms with Crippen molar-refractivity contribution in [2.24, 2.45) is 10.8 Å². The second-order valence-corrected chi connectivity index (χ2v) is 10.5. The van der Waals surface area contributed by atoms with Crippen LogP contribution in [-0.4, -0.2) is 45.3 Å². The highest BCUT2D eigenvalue weighted by molar-refractivity contribution is 5.97. The molecule has 2 atom stereocenters. The summed E-state index contributed by atoms with van der Waals surface area (Å²) < 4.78 is 0. The normalized spacial score (nSPS) is 15.6. The molecule has 0 aromatic carbocycles. The standard InChI is InChI=1S/C23H46N2O4/c1-11-22(28,12-2)18(20(5,6)7)24-16(26)15-17(27)25-19(21(8,9)10)23(29,13-3)14-4/h18-19,28-29H,11-15H2,1-10H3,(H,24,26)(H,25,27)/t18-,19-/m1/s1. The van der Waals surface area contributed by atoms with Crippen molar-refractivity contribution in [1.29, 1.82) is 0 Å². The molecular weight excluding hydrogens is 368 g/mol. The van der Waals surface area contributed by atoms with E-state index >= 15 is 0 Å². The average molecular weight is 415 g/mol. The Labute approximate surface area is 178 Å². The number of hydrogen-bond acceptors (Lipinski definition) is 4. The Kier molecular flexibility index (Phi) is 9.85. The predicted octanol–water partition coefficient (Wildman–Crippen LogP) is 3.54. The highest BCUT2D eigenvalue weighted by Crippen LogP contribution is 2.34. The number of carbonyl (C=O) groups is 2. The summed E-state index contributed by atoms with van der Waals surface area (Å²) in [5, 5.41) is 27.8. The van der Waals surface area contributed by atoms with Gasteiger partial charge < -0.3 is 20.8 Å². The molecule has 6 heteroatoms. The van der Waals surface area contributed by atoms with Gasteiger partial charge in [-0.25, -0.2) is 0 Å². The predicted molar refractivity (Wildman–Crippen MR) is 118 cm³/mol. The zero-order chi connectivity index (χ0) is 23.3.